The first-order chi connectivity index (χ1) is 9.27. The molecule has 1 aliphatic carbocycles. The summed E-state index contributed by atoms with van der Waals surface area (Å²) in [5.41, 5.74) is -0.808. The van der Waals surface area contributed by atoms with E-state index in [0.717, 1.165) is 9.88 Å². The van der Waals surface area contributed by atoms with Crippen LogP contribution in [-0.2, 0) is 21.5 Å². The number of aliphatic carboxylic acids is 1. The monoisotopic (exact) mass is 298 g/mol. The molecule has 0 atom stereocenters. The summed E-state index contributed by atoms with van der Waals surface area (Å²) in [4.78, 5) is 16.9. The minimum atomic E-state index is -0.841. The Kier molecular flexibility index (Phi) is 4.18. The molecule has 0 aromatic carbocycles. The Balaban J connectivity index is 1.97. The van der Waals surface area contributed by atoms with Crippen molar-refractivity contribution < 1.29 is 14.6 Å². The van der Waals surface area contributed by atoms with Crippen molar-refractivity contribution in [3.63, 3.8) is 0 Å². The molecule has 2 rings (SSSR count). The van der Waals surface area contributed by atoms with Crippen molar-refractivity contribution in [2.45, 2.75) is 57.2 Å². The first-order valence-corrected chi connectivity index (χ1v) is 7.55. The molecule has 0 aliphatic heterocycles. The molecule has 0 spiro atoms. The summed E-state index contributed by atoms with van der Waals surface area (Å²) in [5.74, 6) is -0.800. The van der Waals surface area contributed by atoms with Gasteiger partial charge in [-0.3, -0.25) is 10.1 Å². The molecule has 1 aromatic rings. The van der Waals surface area contributed by atoms with E-state index in [1.807, 2.05) is 6.20 Å². The maximum absolute atomic E-state index is 11.4. The quantitative estimate of drug-likeness (QED) is 0.871. The van der Waals surface area contributed by atoms with Gasteiger partial charge in [-0.1, -0.05) is 20.8 Å². The van der Waals surface area contributed by atoms with Gasteiger partial charge in [-0.25, -0.2) is 4.98 Å². The molecule has 6 heteroatoms. The lowest BCUT2D eigenvalue weighted by Crippen LogP contribution is -2.62. The smallest absolute Gasteiger partial charge is 0.324 e. The molecule has 1 saturated carbocycles. The van der Waals surface area contributed by atoms with E-state index in [4.69, 9.17) is 4.74 Å². The van der Waals surface area contributed by atoms with Crippen molar-refractivity contribution in [2.75, 3.05) is 7.11 Å². The molecule has 0 amide bonds. The molecule has 20 heavy (non-hydrogen) atoms. The van der Waals surface area contributed by atoms with E-state index in [9.17, 15) is 9.90 Å². The molecule has 0 saturated heterocycles. The summed E-state index contributed by atoms with van der Waals surface area (Å²) in [6, 6.07) is 0. The molecule has 1 fully saturated rings. The molecular weight excluding hydrogens is 276 g/mol. The van der Waals surface area contributed by atoms with Crippen LogP contribution in [0.4, 0.5) is 0 Å². The van der Waals surface area contributed by atoms with Crippen molar-refractivity contribution in [3.8, 4) is 0 Å². The highest BCUT2D eigenvalue weighted by Crippen LogP contribution is 2.35. The van der Waals surface area contributed by atoms with Crippen LogP contribution >= 0.6 is 11.3 Å². The Hall–Kier alpha value is -0.980. The standard InChI is InChI=1S/C14H22N2O3S/c1-13(2,3)11-15-7-10(20-11)8-16-14(12(17)18)5-9(6-14)19-4/h7,9,16H,5-6,8H2,1-4H3,(H,17,18). The number of carbonyl (C=O) groups is 1. The zero-order chi connectivity index (χ0) is 15.0. The number of rotatable bonds is 5. The average molecular weight is 298 g/mol. The number of aromatic nitrogens is 1. The molecule has 0 bridgehead atoms. The van der Waals surface area contributed by atoms with Crippen molar-refractivity contribution in [1.82, 2.24) is 10.3 Å². The maximum atomic E-state index is 11.4. The first-order valence-electron chi connectivity index (χ1n) is 6.73. The summed E-state index contributed by atoms with van der Waals surface area (Å²) >= 11 is 1.64. The third-order valence-electron chi connectivity index (χ3n) is 3.69. The maximum Gasteiger partial charge on any atom is 0.324 e. The number of nitrogens with zero attached hydrogens (tertiary/aromatic N) is 1. The normalized spacial score (nSPS) is 26.3. The Bertz CT molecular complexity index is 487. The highest BCUT2D eigenvalue weighted by molar-refractivity contribution is 7.11. The molecular formula is C14H22N2O3S. The van der Waals surface area contributed by atoms with E-state index in [1.165, 1.54) is 0 Å². The zero-order valence-corrected chi connectivity index (χ0v) is 13.2. The second-order valence-electron chi connectivity index (χ2n) is 6.39. The van der Waals surface area contributed by atoms with Gasteiger partial charge in [0.2, 0.25) is 0 Å². The first kappa shape index (κ1) is 15.4. The summed E-state index contributed by atoms with van der Waals surface area (Å²) in [7, 11) is 1.62. The van der Waals surface area contributed by atoms with E-state index in [0.29, 0.717) is 19.4 Å². The van der Waals surface area contributed by atoms with Crippen LogP contribution in [0.5, 0.6) is 0 Å². The van der Waals surface area contributed by atoms with Gasteiger partial charge in [-0.2, -0.15) is 0 Å². The van der Waals surface area contributed by atoms with Crippen LogP contribution in [0, 0.1) is 0 Å². The number of nitrogens with one attached hydrogen (secondary N) is 1. The number of hydrogen-bond donors (Lipinski definition) is 2. The third kappa shape index (κ3) is 3.02. The number of methoxy groups -OCH3 is 1. The van der Waals surface area contributed by atoms with Crippen LogP contribution in [0.3, 0.4) is 0 Å². The summed E-state index contributed by atoms with van der Waals surface area (Å²) < 4.78 is 5.18. The molecule has 0 unspecified atom stereocenters. The van der Waals surface area contributed by atoms with E-state index in [-0.39, 0.29) is 11.5 Å². The number of carboxylic acid groups (broad SMARTS) is 1. The number of carboxylic acids is 1. The summed E-state index contributed by atoms with van der Waals surface area (Å²) in [6.07, 6.45) is 2.92. The van der Waals surface area contributed by atoms with Crippen molar-refractivity contribution in [1.29, 1.82) is 0 Å². The van der Waals surface area contributed by atoms with Crippen molar-refractivity contribution >= 4 is 17.3 Å². The third-order valence-corrected chi connectivity index (χ3v) is 5.11. The SMILES string of the molecule is COC1CC(NCc2cnc(C(C)(C)C)s2)(C(=O)O)C1. The number of thiazole rings is 1. The zero-order valence-electron chi connectivity index (χ0n) is 12.4. The van der Waals surface area contributed by atoms with Crippen molar-refractivity contribution in [2.24, 2.45) is 0 Å². The Morgan fingerprint density at radius 1 is 1.60 bits per heavy atom. The Labute approximate surface area is 123 Å². The predicted octanol–water partition coefficient (Wildman–Crippen LogP) is 2.16. The van der Waals surface area contributed by atoms with Gasteiger partial charge >= 0.3 is 5.97 Å². The van der Waals surface area contributed by atoms with Gasteiger partial charge in [0, 0.05) is 43.0 Å². The molecule has 5 nitrogen and oxygen atoms in total. The lowest BCUT2D eigenvalue weighted by Gasteiger charge is -2.44. The van der Waals surface area contributed by atoms with E-state index in [2.05, 4.69) is 31.1 Å². The average Bonchev–Trinajstić information content (AvgIpc) is 2.75. The van der Waals surface area contributed by atoms with Crippen molar-refractivity contribution in [3.05, 3.63) is 16.1 Å². The van der Waals surface area contributed by atoms with E-state index >= 15 is 0 Å². The van der Waals surface area contributed by atoms with Gasteiger partial charge in [-0.05, 0) is 0 Å². The Morgan fingerprint density at radius 2 is 2.25 bits per heavy atom. The second-order valence-corrected chi connectivity index (χ2v) is 7.50. The van der Waals surface area contributed by atoms with Crippen LogP contribution in [0.1, 0.15) is 43.5 Å². The fourth-order valence-corrected chi connectivity index (χ4v) is 3.18. The molecule has 1 aliphatic rings. The molecule has 112 valence electrons. The van der Waals surface area contributed by atoms with Gasteiger partial charge in [0.05, 0.1) is 11.1 Å². The van der Waals surface area contributed by atoms with Gasteiger partial charge in [0.15, 0.2) is 0 Å². The topological polar surface area (TPSA) is 71.5 Å². The number of hydrogen-bond acceptors (Lipinski definition) is 5. The molecule has 1 aromatic heterocycles. The lowest BCUT2D eigenvalue weighted by atomic mass is 9.74. The fourth-order valence-electron chi connectivity index (χ4n) is 2.27. The van der Waals surface area contributed by atoms with Crippen LogP contribution in [-0.4, -0.2) is 34.8 Å². The highest BCUT2D eigenvalue weighted by atomic mass is 32.1. The van der Waals surface area contributed by atoms with Crippen LogP contribution in [0.25, 0.3) is 0 Å². The molecule has 2 N–H and O–H groups in total. The lowest BCUT2D eigenvalue weighted by molar-refractivity contribution is -0.156. The minimum Gasteiger partial charge on any atom is -0.480 e. The largest absolute Gasteiger partial charge is 0.480 e. The van der Waals surface area contributed by atoms with E-state index in [1.54, 1.807) is 18.4 Å². The highest BCUT2D eigenvalue weighted by Gasteiger charge is 2.50. The molecule has 0 radical (unpaired) electrons. The van der Waals surface area contributed by atoms with E-state index < -0.39 is 11.5 Å². The van der Waals surface area contributed by atoms with Gasteiger partial charge in [0.25, 0.3) is 0 Å². The van der Waals surface area contributed by atoms with Crippen LogP contribution < -0.4 is 5.32 Å². The second kappa shape index (κ2) is 5.42. The number of ether oxygens (including phenoxy) is 1. The van der Waals surface area contributed by atoms with Gasteiger partial charge in [-0.15, -0.1) is 11.3 Å². The van der Waals surface area contributed by atoms with Crippen LogP contribution in [0.15, 0.2) is 6.20 Å². The fraction of sp³-hybridized carbons (Fsp3) is 0.714. The Morgan fingerprint density at radius 3 is 2.70 bits per heavy atom. The van der Waals surface area contributed by atoms with Gasteiger partial charge in [0.1, 0.15) is 5.54 Å². The predicted molar refractivity (Wildman–Crippen MR) is 78.1 cm³/mol. The minimum absolute atomic E-state index is 0.0328. The summed E-state index contributed by atoms with van der Waals surface area (Å²) in [5, 5.41) is 13.6. The van der Waals surface area contributed by atoms with Gasteiger partial charge < -0.3 is 9.84 Å². The molecule has 1 heterocycles. The van der Waals surface area contributed by atoms with Crippen LogP contribution in [0.2, 0.25) is 0 Å². The summed E-state index contributed by atoms with van der Waals surface area (Å²) in [6.45, 7) is 6.90.